The van der Waals surface area contributed by atoms with Crippen molar-refractivity contribution in [2.45, 2.75) is 46.0 Å². The minimum atomic E-state index is 0.189. The number of hydrogen-bond acceptors (Lipinski definition) is 2. The lowest BCUT2D eigenvalue weighted by atomic mass is 10.1. The minimum Gasteiger partial charge on any atom is -0.342 e. The third-order valence-electron chi connectivity index (χ3n) is 4.02. The molecule has 2 amide bonds. The molecule has 0 aliphatic carbocycles. The van der Waals surface area contributed by atoms with Crippen LogP contribution in [0.2, 0.25) is 0 Å². The highest BCUT2D eigenvalue weighted by atomic mass is 16.2. The van der Waals surface area contributed by atoms with E-state index in [1.807, 2.05) is 34.1 Å². The van der Waals surface area contributed by atoms with E-state index in [1.165, 1.54) is 0 Å². The fourth-order valence-corrected chi connectivity index (χ4v) is 2.90. The molecule has 4 heteroatoms. The second kappa shape index (κ2) is 7.97. The highest BCUT2D eigenvalue weighted by Crippen LogP contribution is 2.21. The van der Waals surface area contributed by atoms with Crippen LogP contribution in [0.3, 0.4) is 0 Å². The second-order valence-electron chi connectivity index (χ2n) is 5.87. The van der Waals surface area contributed by atoms with Crippen molar-refractivity contribution in [2.75, 3.05) is 24.5 Å². The lowest BCUT2D eigenvalue weighted by molar-refractivity contribution is -0.130. The summed E-state index contributed by atoms with van der Waals surface area (Å²) >= 11 is 0. The molecule has 2 rings (SSSR count). The van der Waals surface area contributed by atoms with Crippen LogP contribution in [0.25, 0.3) is 0 Å². The van der Waals surface area contributed by atoms with Gasteiger partial charge in [-0.3, -0.25) is 9.59 Å². The van der Waals surface area contributed by atoms with Crippen LogP contribution >= 0.6 is 0 Å². The Morgan fingerprint density at radius 3 is 2.27 bits per heavy atom. The molecule has 0 radical (unpaired) electrons. The van der Waals surface area contributed by atoms with Gasteiger partial charge in [0.2, 0.25) is 11.8 Å². The van der Waals surface area contributed by atoms with Crippen molar-refractivity contribution < 1.29 is 9.59 Å². The number of benzene rings is 1. The van der Waals surface area contributed by atoms with Gasteiger partial charge in [0.1, 0.15) is 0 Å². The van der Waals surface area contributed by atoms with Gasteiger partial charge >= 0.3 is 0 Å². The molecule has 120 valence electrons. The molecule has 0 N–H and O–H groups in total. The lowest BCUT2D eigenvalue weighted by Crippen LogP contribution is -2.33. The van der Waals surface area contributed by atoms with Gasteiger partial charge in [0.15, 0.2) is 0 Å². The standard InChI is InChI=1S/C18H26N2O2/c1-3-11-19(12-4-2)18(22)14-15-7-9-16(10-8-15)20-13-5-6-17(20)21/h7-10H,3-6,11-14H2,1-2H3. The van der Waals surface area contributed by atoms with E-state index in [0.29, 0.717) is 12.8 Å². The Hall–Kier alpha value is -1.84. The van der Waals surface area contributed by atoms with Crippen molar-refractivity contribution in [3.63, 3.8) is 0 Å². The van der Waals surface area contributed by atoms with Crippen LogP contribution in [-0.2, 0) is 16.0 Å². The zero-order chi connectivity index (χ0) is 15.9. The van der Waals surface area contributed by atoms with E-state index in [4.69, 9.17) is 0 Å². The molecule has 1 aromatic rings. The zero-order valence-corrected chi connectivity index (χ0v) is 13.7. The summed E-state index contributed by atoms with van der Waals surface area (Å²) in [6.45, 7) is 6.65. The number of amides is 2. The van der Waals surface area contributed by atoms with Gasteiger partial charge in [-0.15, -0.1) is 0 Å². The van der Waals surface area contributed by atoms with E-state index in [0.717, 1.165) is 50.1 Å². The number of rotatable bonds is 7. The van der Waals surface area contributed by atoms with E-state index >= 15 is 0 Å². The van der Waals surface area contributed by atoms with Crippen LogP contribution in [0, 0.1) is 0 Å². The molecule has 0 atom stereocenters. The second-order valence-corrected chi connectivity index (χ2v) is 5.87. The molecule has 22 heavy (non-hydrogen) atoms. The molecule has 0 unspecified atom stereocenters. The Morgan fingerprint density at radius 2 is 1.77 bits per heavy atom. The summed E-state index contributed by atoms with van der Waals surface area (Å²) in [5.41, 5.74) is 1.95. The SMILES string of the molecule is CCCN(CCC)C(=O)Cc1ccc(N2CCCC2=O)cc1. The summed E-state index contributed by atoms with van der Waals surface area (Å²) in [5.74, 6) is 0.384. The van der Waals surface area contributed by atoms with Gasteiger partial charge in [-0.05, 0) is 37.0 Å². The predicted molar refractivity (Wildman–Crippen MR) is 88.9 cm³/mol. The summed E-state index contributed by atoms with van der Waals surface area (Å²) in [6.07, 6.45) is 3.99. The first-order valence-corrected chi connectivity index (χ1v) is 8.32. The first-order chi connectivity index (χ1) is 10.7. The van der Waals surface area contributed by atoms with E-state index in [9.17, 15) is 9.59 Å². The van der Waals surface area contributed by atoms with Crippen molar-refractivity contribution >= 4 is 17.5 Å². The average molecular weight is 302 g/mol. The summed E-state index contributed by atoms with van der Waals surface area (Å²) in [5, 5.41) is 0. The number of anilines is 1. The van der Waals surface area contributed by atoms with Gasteiger partial charge in [0.05, 0.1) is 6.42 Å². The lowest BCUT2D eigenvalue weighted by Gasteiger charge is -2.21. The molecular formula is C18H26N2O2. The Morgan fingerprint density at radius 1 is 1.14 bits per heavy atom. The van der Waals surface area contributed by atoms with Crippen LogP contribution in [0.5, 0.6) is 0 Å². The molecule has 1 heterocycles. The van der Waals surface area contributed by atoms with Gasteiger partial charge in [-0.25, -0.2) is 0 Å². The van der Waals surface area contributed by atoms with E-state index in [1.54, 1.807) is 0 Å². The fourth-order valence-electron chi connectivity index (χ4n) is 2.90. The first kappa shape index (κ1) is 16.5. The number of nitrogens with zero attached hydrogens (tertiary/aromatic N) is 2. The maximum absolute atomic E-state index is 12.3. The number of carbonyl (C=O) groups is 2. The molecule has 0 aromatic heterocycles. The van der Waals surface area contributed by atoms with Crippen LogP contribution in [0.1, 0.15) is 45.1 Å². The van der Waals surface area contributed by atoms with E-state index in [2.05, 4.69) is 13.8 Å². The van der Waals surface area contributed by atoms with Gasteiger partial charge in [-0.1, -0.05) is 26.0 Å². The van der Waals surface area contributed by atoms with Crippen LogP contribution in [0.15, 0.2) is 24.3 Å². The number of carbonyl (C=O) groups excluding carboxylic acids is 2. The summed E-state index contributed by atoms with van der Waals surface area (Å²) in [7, 11) is 0. The molecule has 4 nitrogen and oxygen atoms in total. The molecule has 1 saturated heterocycles. The summed E-state index contributed by atoms with van der Waals surface area (Å²) in [4.78, 5) is 27.9. The average Bonchev–Trinajstić information content (AvgIpc) is 2.94. The largest absolute Gasteiger partial charge is 0.342 e. The van der Waals surface area contributed by atoms with Crippen molar-refractivity contribution in [1.29, 1.82) is 0 Å². The Labute approximate surface area is 133 Å². The quantitative estimate of drug-likeness (QED) is 0.777. The van der Waals surface area contributed by atoms with Crippen molar-refractivity contribution in [2.24, 2.45) is 0 Å². The Bertz CT molecular complexity index is 504. The predicted octanol–water partition coefficient (Wildman–Crippen LogP) is 3.00. The normalized spacial score (nSPS) is 14.5. The van der Waals surface area contributed by atoms with Gasteiger partial charge < -0.3 is 9.80 Å². The van der Waals surface area contributed by atoms with Crippen molar-refractivity contribution in [3.05, 3.63) is 29.8 Å². The summed E-state index contributed by atoms with van der Waals surface area (Å²) < 4.78 is 0. The summed E-state index contributed by atoms with van der Waals surface area (Å²) in [6, 6.07) is 7.84. The van der Waals surface area contributed by atoms with Gasteiger partial charge in [0.25, 0.3) is 0 Å². The minimum absolute atomic E-state index is 0.189. The van der Waals surface area contributed by atoms with E-state index < -0.39 is 0 Å². The highest BCUT2D eigenvalue weighted by molar-refractivity contribution is 5.95. The Kier molecular flexibility index (Phi) is 5.99. The van der Waals surface area contributed by atoms with Crippen LogP contribution in [0.4, 0.5) is 5.69 Å². The molecule has 0 spiro atoms. The zero-order valence-electron chi connectivity index (χ0n) is 13.7. The first-order valence-electron chi connectivity index (χ1n) is 8.32. The molecule has 1 fully saturated rings. The maximum Gasteiger partial charge on any atom is 0.227 e. The third-order valence-corrected chi connectivity index (χ3v) is 4.02. The van der Waals surface area contributed by atoms with E-state index in [-0.39, 0.29) is 11.8 Å². The molecular weight excluding hydrogens is 276 g/mol. The number of hydrogen-bond donors (Lipinski definition) is 0. The van der Waals surface area contributed by atoms with Crippen LogP contribution < -0.4 is 4.90 Å². The molecule has 0 bridgehead atoms. The monoisotopic (exact) mass is 302 g/mol. The van der Waals surface area contributed by atoms with Crippen molar-refractivity contribution in [3.8, 4) is 0 Å². The van der Waals surface area contributed by atoms with Gasteiger partial charge in [-0.2, -0.15) is 0 Å². The molecule has 0 saturated carbocycles. The molecule has 1 aromatic carbocycles. The topological polar surface area (TPSA) is 40.6 Å². The highest BCUT2D eigenvalue weighted by Gasteiger charge is 2.21. The third kappa shape index (κ3) is 4.09. The molecule has 1 aliphatic rings. The fraction of sp³-hybridized carbons (Fsp3) is 0.556. The molecule has 1 aliphatic heterocycles. The smallest absolute Gasteiger partial charge is 0.227 e. The van der Waals surface area contributed by atoms with Crippen LogP contribution in [-0.4, -0.2) is 36.3 Å². The Balaban J connectivity index is 1.98. The van der Waals surface area contributed by atoms with Crippen molar-refractivity contribution in [1.82, 2.24) is 4.90 Å². The van der Waals surface area contributed by atoms with Gasteiger partial charge in [0, 0.05) is 31.7 Å². The maximum atomic E-state index is 12.3.